The van der Waals surface area contributed by atoms with E-state index >= 15 is 0 Å². The first-order chi connectivity index (χ1) is 12.0. The highest BCUT2D eigenvalue weighted by Crippen LogP contribution is 2.32. The monoisotopic (exact) mass is 406 g/mol. The molecule has 7 heteroatoms. The molecule has 2 aromatic carbocycles. The molecule has 0 aliphatic heterocycles. The summed E-state index contributed by atoms with van der Waals surface area (Å²) < 4.78 is 15.5. The van der Waals surface area contributed by atoms with E-state index in [-0.39, 0.29) is 17.1 Å². The first kappa shape index (κ1) is 18.5. The van der Waals surface area contributed by atoms with Gasteiger partial charge in [-0.1, -0.05) is 40.2 Å². The van der Waals surface area contributed by atoms with Crippen LogP contribution in [0.2, 0.25) is 0 Å². The Balaban J connectivity index is 2.44. The van der Waals surface area contributed by atoms with Crippen molar-refractivity contribution in [3.8, 4) is 11.5 Å². The second-order valence-corrected chi connectivity index (χ2v) is 5.62. The predicted octanol–water partition coefficient (Wildman–Crippen LogP) is 3.53. The van der Waals surface area contributed by atoms with E-state index in [9.17, 15) is 14.7 Å². The minimum absolute atomic E-state index is 0.0772. The third-order valence-electron chi connectivity index (χ3n) is 3.20. The largest absolute Gasteiger partial charge is 0.504 e. The fourth-order valence-electron chi connectivity index (χ4n) is 1.96. The molecule has 0 spiro atoms. The Kier molecular flexibility index (Phi) is 6.19. The number of esters is 2. The second kappa shape index (κ2) is 8.34. The number of hydrogen-bond acceptors (Lipinski definition) is 6. The molecule has 1 N–H and O–H groups in total. The molecule has 0 bridgehead atoms. The molecule has 0 unspecified atom stereocenters. The van der Waals surface area contributed by atoms with Crippen molar-refractivity contribution in [3.63, 3.8) is 0 Å². The number of phenols is 1. The lowest BCUT2D eigenvalue weighted by molar-refractivity contribution is -0.138. The van der Waals surface area contributed by atoms with Gasteiger partial charge in [0.25, 0.3) is 0 Å². The van der Waals surface area contributed by atoms with Crippen molar-refractivity contribution in [2.45, 2.75) is 0 Å². The standard InChI is InChI=1S/C18H15BrO6/c1-23-17(21)12-7-5-9-14(16(12)20)25-15(18(22)24-2)10-11-6-3-4-8-13(11)19/h3-10,20H,1-2H3/b15-10-. The van der Waals surface area contributed by atoms with Crippen molar-refractivity contribution in [1.29, 1.82) is 0 Å². The summed E-state index contributed by atoms with van der Waals surface area (Å²) >= 11 is 3.37. The first-order valence-electron chi connectivity index (χ1n) is 7.10. The summed E-state index contributed by atoms with van der Waals surface area (Å²) in [6.07, 6.45) is 1.46. The first-order valence-corrected chi connectivity index (χ1v) is 7.90. The molecule has 25 heavy (non-hydrogen) atoms. The summed E-state index contributed by atoms with van der Waals surface area (Å²) in [5.74, 6) is -2.13. The van der Waals surface area contributed by atoms with E-state index < -0.39 is 17.7 Å². The number of carbonyl (C=O) groups excluding carboxylic acids is 2. The lowest BCUT2D eigenvalue weighted by Gasteiger charge is -2.12. The van der Waals surface area contributed by atoms with Gasteiger partial charge in [-0.25, -0.2) is 9.59 Å². The van der Waals surface area contributed by atoms with Gasteiger partial charge in [0.05, 0.1) is 14.2 Å². The van der Waals surface area contributed by atoms with E-state index in [2.05, 4.69) is 20.7 Å². The van der Waals surface area contributed by atoms with Gasteiger partial charge < -0.3 is 19.3 Å². The summed E-state index contributed by atoms with van der Waals surface area (Å²) in [7, 11) is 2.41. The zero-order valence-corrected chi connectivity index (χ0v) is 15.1. The fourth-order valence-corrected chi connectivity index (χ4v) is 2.36. The highest BCUT2D eigenvalue weighted by molar-refractivity contribution is 9.10. The Hall–Kier alpha value is -2.80. The minimum Gasteiger partial charge on any atom is -0.504 e. The van der Waals surface area contributed by atoms with Crippen LogP contribution in [0, 0.1) is 0 Å². The normalized spacial score (nSPS) is 10.9. The molecule has 0 saturated carbocycles. The van der Waals surface area contributed by atoms with Gasteiger partial charge in [0, 0.05) is 4.47 Å². The quantitative estimate of drug-likeness (QED) is 0.464. The summed E-state index contributed by atoms with van der Waals surface area (Å²) in [5.41, 5.74) is 0.594. The van der Waals surface area contributed by atoms with Gasteiger partial charge in [-0.15, -0.1) is 0 Å². The fraction of sp³-hybridized carbons (Fsp3) is 0.111. The predicted molar refractivity (Wildman–Crippen MR) is 94.2 cm³/mol. The molecule has 0 radical (unpaired) electrons. The van der Waals surface area contributed by atoms with E-state index in [1.807, 2.05) is 6.07 Å². The average molecular weight is 407 g/mol. The van der Waals surface area contributed by atoms with Crippen LogP contribution in [-0.2, 0) is 14.3 Å². The van der Waals surface area contributed by atoms with Gasteiger partial charge in [-0.2, -0.15) is 0 Å². The maximum atomic E-state index is 12.0. The van der Waals surface area contributed by atoms with Crippen LogP contribution < -0.4 is 4.74 Å². The molecule has 2 aromatic rings. The molecular formula is C18H15BrO6. The van der Waals surface area contributed by atoms with E-state index in [4.69, 9.17) is 9.47 Å². The van der Waals surface area contributed by atoms with Crippen LogP contribution >= 0.6 is 15.9 Å². The van der Waals surface area contributed by atoms with E-state index in [0.29, 0.717) is 5.56 Å². The third kappa shape index (κ3) is 4.39. The van der Waals surface area contributed by atoms with Crippen molar-refractivity contribution in [1.82, 2.24) is 0 Å². The van der Waals surface area contributed by atoms with Crippen LogP contribution in [0.3, 0.4) is 0 Å². The van der Waals surface area contributed by atoms with Gasteiger partial charge in [-0.05, 0) is 29.8 Å². The van der Waals surface area contributed by atoms with Crippen molar-refractivity contribution < 1.29 is 28.9 Å². The number of rotatable bonds is 5. The van der Waals surface area contributed by atoms with Gasteiger partial charge >= 0.3 is 11.9 Å². The minimum atomic E-state index is -0.737. The van der Waals surface area contributed by atoms with Crippen molar-refractivity contribution in [2.24, 2.45) is 0 Å². The number of aromatic hydroxyl groups is 1. The smallest absolute Gasteiger partial charge is 0.373 e. The molecule has 0 heterocycles. The Labute approximate surface area is 152 Å². The van der Waals surface area contributed by atoms with Gasteiger partial charge in [0.15, 0.2) is 11.5 Å². The van der Waals surface area contributed by atoms with Crippen LogP contribution in [0.4, 0.5) is 0 Å². The van der Waals surface area contributed by atoms with E-state index in [0.717, 1.165) is 4.47 Å². The number of benzene rings is 2. The maximum absolute atomic E-state index is 12.0. The van der Waals surface area contributed by atoms with Crippen LogP contribution in [0.25, 0.3) is 6.08 Å². The topological polar surface area (TPSA) is 82.1 Å². The maximum Gasteiger partial charge on any atom is 0.373 e. The van der Waals surface area contributed by atoms with Crippen molar-refractivity contribution >= 4 is 33.9 Å². The number of carbonyl (C=O) groups is 2. The Morgan fingerprint density at radius 3 is 2.40 bits per heavy atom. The molecule has 2 rings (SSSR count). The zero-order valence-electron chi connectivity index (χ0n) is 13.5. The summed E-state index contributed by atoms with van der Waals surface area (Å²) in [5, 5.41) is 10.2. The number of halogens is 1. The van der Waals surface area contributed by atoms with Crippen molar-refractivity contribution in [2.75, 3.05) is 14.2 Å². The van der Waals surface area contributed by atoms with Gasteiger partial charge in [0.1, 0.15) is 5.56 Å². The number of para-hydroxylation sites is 1. The van der Waals surface area contributed by atoms with Gasteiger partial charge in [-0.3, -0.25) is 0 Å². The lowest BCUT2D eigenvalue weighted by Crippen LogP contribution is -2.11. The molecule has 130 valence electrons. The molecule has 0 amide bonds. The molecule has 0 aromatic heterocycles. The second-order valence-electron chi connectivity index (χ2n) is 4.77. The molecule has 0 atom stereocenters. The number of hydrogen-bond donors (Lipinski definition) is 1. The van der Waals surface area contributed by atoms with Crippen LogP contribution in [-0.4, -0.2) is 31.3 Å². The number of phenolic OH excluding ortho intramolecular Hbond substituents is 1. The molecule has 6 nitrogen and oxygen atoms in total. The molecular weight excluding hydrogens is 392 g/mol. The highest BCUT2D eigenvalue weighted by atomic mass is 79.9. The van der Waals surface area contributed by atoms with Crippen LogP contribution in [0.15, 0.2) is 52.7 Å². The Bertz CT molecular complexity index is 828. The SMILES string of the molecule is COC(=O)/C(=C/c1ccccc1Br)Oc1cccc(C(=O)OC)c1O. The summed E-state index contributed by atoms with van der Waals surface area (Å²) in [6.45, 7) is 0. The number of methoxy groups -OCH3 is 2. The number of ether oxygens (including phenoxy) is 3. The summed E-state index contributed by atoms with van der Waals surface area (Å²) in [4.78, 5) is 23.7. The Morgan fingerprint density at radius 1 is 1.04 bits per heavy atom. The average Bonchev–Trinajstić information content (AvgIpc) is 2.63. The molecule has 0 saturated heterocycles. The van der Waals surface area contributed by atoms with Crippen LogP contribution in [0.5, 0.6) is 11.5 Å². The third-order valence-corrected chi connectivity index (χ3v) is 3.92. The summed E-state index contributed by atoms with van der Waals surface area (Å²) in [6, 6.07) is 11.5. The molecule has 0 fully saturated rings. The van der Waals surface area contributed by atoms with Crippen molar-refractivity contribution in [3.05, 3.63) is 63.8 Å². The lowest BCUT2D eigenvalue weighted by atomic mass is 10.2. The van der Waals surface area contributed by atoms with Gasteiger partial charge in [0.2, 0.25) is 5.76 Å². The van der Waals surface area contributed by atoms with E-state index in [1.54, 1.807) is 18.2 Å². The van der Waals surface area contributed by atoms with Crippen LogP contribution in [0.1, 0.15) is 15.9 Å². The molecule has 0 aliphatic rings. The Morgan fingerprint density at radius 2 is 1.76 bits per heavy atom. The zero-order chi connectivity index (χ0) is 18.4. The highest BCUT2D eigenvalue weighted by Gasteiger charge is 2.20. The molecule has 0 aliphatic carbocycles. The van der Waals surface area contributed by atoms with E-state index in [1.165, 1.54) is 38.5 Å².